The quantitative estimate of drug-likeness (QED) is 0.693. The number of hydrogen-bond donors (Lipinski definition) is 0. The molecule has 7 heteroatoms. The van der Waals surface area contributed by atoms with Gasteiger partial charge < -0.3 is 9.64 Å². The summed E-state index contributed by atoms with van der Waals surface area (Å²) in [5.74, 6) is -0.497. The van der Waals surface area contributed by atoms with E-state index in [0.29, 0.717) is 19.6 Å². The Morgan fingerprint density at radius 1 is 1.00 bits per heavy atom. The summed E-state index contributed by atoms with van der Waals surface area (Å²) in [6.45, 7) is 1.97. The van der Waals surface area contributed by atoms with Crippen molar-refractivity contribution in [3.63, 3.8) is 0 Å². The van der Waals surface area contributed by atoms with Crippen molar-refractivity contribution in [2.45, 2.75) is 12.5 Å². The fourth-order valence-corrected chi connectivity index (χ4v) is 3.83. The molecule has 1 atom stereocenters. The number of rotatable bonds is 4. The minimum atomic E-state index is -0.254. The lowest BCUT2D eigenvalue weighted by molar-refractivity contribution is 0.0397. The number of halogens is 2. The molecular weight excluding hydrogens is 356 g/mol. The predicted molar refractivity (Wildman–Crippen MR) is 96.4 cm³/mol. The Kier molecular flexibility index (Phi) is 4.90. The van der Waals surface area contributed by atoms with Gasteiger partial charge in [-0.1, -0.05) is 35.6 Å². The highest BCUT2D eigenvalue weighted by Gasteiger charge is 2.24. The van der Waals surface area contributed by atoms with Gasteiger partial charge in [0.05, 0.1) is 13.2 Å². The van der Waals surface area contributed by atoms with E-state index in [2.05, 4.69) is 15.1 Å². The summed E-state index contributed by atoms with van der Waals surface area (Å²) in [5.41, 5.74) is 1.95. The van der Waals surface area contributed by atoms with Crippen LogP contribution in [-0.2, 0) is 11.2 Å². The molecule has 1 aliphatic rings. The van der Waals surface area contributed by atoms with E-state index in [1.54, 1.807) is 24.3 Å². The molecule has 0 spiro atoms. The summed E-state index contributed by atoms with van der Waals surface area (Å²) in [6, 6.07) is 12.8. The third-order valence-electron chi connectivity index (χ3n) is 4.30. The highest BCUT2D eigenvalue weighted by atomic mass is 32.1. The molecule has 0 aliphatic carbocycles. The van der Waals surface area contributed by atoms with Crippen molar-refractivity contribution in [1.29, 1.82) is 0 Å². The normalized spacial score (nSPS) is 17.5. The molecule has 0 amide bonds. The van der Waals surface area contributed by atoms with E-state index >= 15 is 0 Å². The van der Waals surface area contributed by atoms with E-state index in [1.807, 2.05) is 0 Å². The molecule has 4 rings (SSSR count). The molecule has 2 aromatic carbocycles. The highest BCUT2D eigenvalue weighted by Crippen LogP contribution is 2.29. The molecule has 2 heterocycles. The largest absolute Gasteiger partial charge is 0.370 e. The van der Waals surface area contributed by atoms with Gasteiger partial charge in [0.25, 0.3) is 0 Å². The second-order valence-electron chi connectivity index (χ2n) is 6.14. The smallest absolute Gasteiger partial charge is 0.208 e. The molecule has 1 unspecified atom stereocenters. The number of hydrogen-bond acceptors (Lipinski definition) is 5. The predicted octanol–water partition coefficient (Wildman–Crippen LogP) is 3.99. The number of nitrogens with zero attached hydrogens (tertiary/aromatic N) is 3. The maximum Gasteiger partial charge on any atom is 0.208 e. The van der Waals surface area contributed by atoms with Gasteiger partial charge in [-0.2, -0.15) is 0 Å². The Labute approximate surface area is 154 Å². The molecule has 3 aromatic rings. The molecule has 0 radical (unpaired) electrons. The summed E-state index contributed by atoms with van der Waals surface area (Å²) in [5, 5.41) is 10.3. The summed E-state index contributed by atoms with van der Waals surface area (Å²) >= 11 is 1.53. The molecule has 0 N–H and O–H groups in total. The topological polar surface area (TPSA) is 38.2 Å². The molecular formula is C19H17F2N3OS. The van der Waals surface area contributed by atoms with Crippen LogP contribution in [0.15, 0.2) is 48.5 Å². The van der Waals surface area contributed by atoms with Gasteiger partial charge in [-0.05, 0) is 35.4 Å². The molecule has 1 saturated heterocycles. The van der Waals surface area contributed by atoms with Gasteiger partial charge in [0.2, 0.25) is 5.13 Å². The van der Waals surface area contributed by atoms with Crippen LogP contribution in [0.4, 0.5) is 13.9 Å². The average molecular weight is 373 g/mol. The van der Waals surface area contributed by atoms with Crippen molar-refractivity contribution in [2.75, 3.05) is 24.6 Å². The second-order valence-corrected chi connectivity index (χ2v) is 7.18. The van der Waals surface area contributed by atoms with E-state index in [9.17, 15) is 8.78 Å². The number of ether oxygens (including phenoxy) is 1. The van der Waals surface area contributed by atoms with Crippen LogP contribution in [0.5, 0.6) is 0 Å². The zero-order chi connectivity index (χ0) is 17.9. The number of morpholine rings is 1. The molecule has 4 nitrogen and oxygen atoms in total. The van der Waals surface area contributed by atoms with Gasteiger partial charge in [-0.15, -0.1) is 10.2 Å². The lowest BCUT2D eigenvalue weighted by Gasteiger charge is -2.32. The van der Waals surface area contributed by atoms with E-state index in [0.717, 1.165) is 27.8 Å². The fraction of sp³-hybridized carbons (Fsp3) is 0.263. The van der Waals surface area contributed by atoms with Crippen molar-refractivity contribution in [1.82, 2.24) is 10.2 Å². The van der Waals surface area contributed by atoms with Gasteiger partial charge in [0.1, 0.15) is 22.7 Å². The number of aromatic nitrogens is 2. The van der Waals surface area contributed by atoms with Crippen LogP contribution in [0.3, 0.4) is 0 Å². The van der Waals surface area contributed by atoms with E-state index < -0.39 is 0 Å². The minimum Gasteiger partial charge on any atom is -0.370 e. The first-order valence-electron chi connectivity index (χ1n) is 8.36. The first-order valence-corrected chi connectivity index (χ1v) is 9.18. The summed E-state index contributed by atoms with van der Waals surface area (Å²) in [4.78, 5) is 2.14. The lowest BCUT2D eigenvalue weighted by atomic mass is 10.1. The third kappa shape index (κ3) is 3.89. The van der Waals surface area contributed by atoms with Crippen LogP contribution >= 0.6 is 11.3 Å². The van der Waals surface area contributed by atoms with E-state index in [-0.39, 0.29) is 17.7 Å². The van der Waals surface area contributed by atoms with Gasteiger partial charge >= 0.3 is 0 Å². The van der Waals surface area contributed by atoms with Gasteiger partial charge in [-0.25, -0.2) is 8.78 Å². The Balaban J connectivity index is 1.44. The zero-order valence-corrected chi connectivity index (χ0v) is 14.8. The van der Waals surface area contributed by atoms with E-state index in [1.165, 1.54) is 35.6 Å². The first kappa shape index (κ1) is 17.1. The van der Waals surface area contributed by atoms with Gasteiger partial charge in [0, 0.05) is 13.0 Å². The van der Waals surface area contributed by atoms with Crippen molar-refractivity contribution in [3.05, 3.63) is 76.3 Å². The third-order valence-corrected chi connectivity index (χ3v) is 5.29. The van der Waals surface area contributed by atoms with Crippen LogP contribution in [0, 0.1) is 11.6 Å². The highest BCUT2D eigenvalue weighted by molar-refractivity contribution is 7.15. The van der Waals surface area contributed by atoms with Crippen molar-refractivity contribution < 1.29 is 13.5 Å². The molecule has 1 fully saturated rings. The second kappa shape index (κ2) is 7.47. The first-order chi connectivity index (χ1) is 12.7. The Morgan fingerprint density at radius 3 is 2.42 bits per heavy atom. The monoisotopic (exact) mass is 373 g/mol. The SMILES string of the molecule is Fc1ccc(Cc2nnc(N3CCOC(c4ccc(F)cc4)C3)s2)cc1. The summed E-state index contributed by atoms with van der Waals surface area (Å²) < 4.78 is 31.9. The Morgan fingerprint density at radius 2 is 1.69 bits per heavy atom. The minimum absolute atomic E-state index is 0.117. The van der Waals surface area contributed by atoms with Crippen molar-refractivity contribution in [2.24, 2.45) is 0 Å². The van der Waals surface area contributed by atoms with E-state index in [4.69, 9.17) is 4.74 Å². The maximum absolute atomic E-state index is 13.1. The summed E-state index contributed by atoms with van der Waals surface area (Å²) in [7, 11) is 0. The number of benzene rings is 2. The Hall–Kier alpha value is -2.38. The molecule has 134 valence electrons. The Bertz CT molecular complexity index is 867. The van der Waals surface area contributed by atoms with Gasteiger partial charge in [-0.3, -0.25) is 0 Å². The fourth-order valence-electron chi connectivity index (χ4n) is 2.92. The lowest BCUT2D eigenvalue weighted by Crippen LogP contribution is -2.38. The van der Waals surface area contributed by atoms with Crippen molar-refractivity contribution in [3.8, 4) is 0 Å². The van der Waals surface area contributed by atoms with Crippen LogP contribution in [0.2, 0.25) is 0 Å². The molecule has 1 aliphatic heterocycles. The van der Waals surface area contributed by atoms with Crippen molar-refractivity contribution >= 4 is 16.5 Å². The average Bonchev–Trinajstić information content (AvgIpc) is 3.13. The van der Waals surface area contributed by atoms with Crippen LogP contribution in [0.25, 0.3) is 0 Å². The van der Waals surface area contributed by atoms with Crippen LogP contribution in [0.1, 0.15) is 22.2 Å². The number of anilines is 1. The zero-order valence-electron chi connectivity index (χ0n) is 13.9. The van der Waals surface area contributed by atoms with Crippen LogP contribution < -0.4 is 4.90 Å². The molecule has 0 bridgehead atoms. The van der Waals surface area contributed by atoms with Crippen LogP contribution in [-0.4, -0.2) is 29.9 Å². The van der Waals surface area contributed by atoms with Gasteiger partial charge in [0.15, 0.2) is 0 Å². The standard InChI is InChI=1S/C19H17F2N3OS/c20-15-5-1-13(2-6-15)11-18-22-23-19(26-18)24-9-10-25-17(12-24)14-3-7-16(21)8-4-14/h1-8,17H,9-12H2. The molecule has 1 aromatic heterocycles. The maximum atomic E-state index is 13.1. The summed E-state index contributed by atoms with van der Waals surface area (Å²) in [6.07, 6.45) is 0.512. The molecule has 26 heavy (non-hydrogen) atoms. The molecule has 0 saturated carbocycles.